The summed E-state index contributed by atoms with van der Waals surface area (Å²) in [4.78, 5) is 12.3. The predicted octanol–water partition coefficient (Wildman–Crippen LogP) is 3.05. The monoisotopic (exact) mass is 297 g/mol. The Morgan fingerprint density at radius 3 is 2.43 bits per heavy atom. The quantitative estimate of drug-likeness (QED) is 0.444. The van der Waals surface area contributed by atoms with Crippen molar-refractivity contribution in [3.63, 3.8) is 0 Å². The van der Waals surface area contributed by atoms with Gasteiger partial charge in [0.15, 0.2) is 0 Å². The normalized spacial score (nSPS) is 21.0. The van der Waals surface area contributed by atoms with Crippen LogP contribution in [0.25, 0.3) is 0 Å². The molecule has 0 radical (unpaired) electrons. The second-order valence-electron chi connectivity index (χ2n) is 6.62. The van der Waals surface area contributed by atoms with Crippen molar-refractivity contribution < 1.29 is 14.3 Å². The van der Waals surface area contributed by atoms with Gasteiger partial charge in [-0.2, -0.15) is 0 Å². The molecule has 0 bridgehead atoms. The molecule has 0 spiro atoms. The maximum Gasteiger partial charge on any atom is 0.328 e. The van der Waals surface area contributed by atoms with E-state index in [0.29, 0.717) is 18.6 Å². The lowest BCUT2D eigenvalue weighted by atomic mass is 9.94. The standard InChI is InChI=1S/C17H31NO3/c1-3-4-5-6-7-12-21-13-17(14-8-9-14,16(19)20-2)18-15-10-11-15/h14-15,18H,3-13H2,1-2H3. The van der Waals surface area contributed by atoms with Gasteiger partial charge in [-0.3, -0.25) is 5.32 Å². The van der Waals surface area contributed by atoms with Crippen molar-refractivity contribution in [3.8, 4) is 0 Å². The number of methoxy groups -OCH3 is 1. The summed E-state index contributed by atoms with van der Waals surface area (Å²) < 4.78 is 10.9. The summed E-state index contributed by atoms with van der Waals surface area (Å²) in [5.41, 5.74) is -0.584. The minimum Gasteiger partial charge on any atom is -0.468 e. The van der Waals surface area contributed by atoms with Crippen LogP contribution in [0.5, 0.6) is 0 Å². The third kappa shape index (κ3) is 4.96. The van der Waals surface area contributed by atoms with Crippen molar-refractivity contribution in [2.24, 2.45) is 5.92 Å². The zero-order chi connectivity index (χ0) is 15.1. The van der Waals surface area contributed by atoms with Gasteiger partial charge in [0, 0.05) is 12.6 Å². The molecule has 2 saturated carbocycles. The van der Waals surface area contributed by atoms with Crippen LogP contribution in [0.3, 0.4) is 0 Å². The Morgan fingerprint density at radius 2 is 1.86 bits per heavy atom. The average Bonchev–Trinajstić information content (AvgIpc) is 3.37. The van der Waals surface area contributed by atoms with Crippen molar-refractivity contribution >= 4 is 5.97 Å². The maximum absolute atomic E-state index is 12.3. The SMILES string of the molecule is CCCCCCCOCC(NC1CC1)(C(=O)OC)C1CC1. The number of nitrogens with one attached hydrogen (secondary N) is 1. The molecule has 1 unspecified atom stereocenters. The molecule has 4 heteroatoms. The largest absolute Gasteiger partial charge is 0.468 e. The lowest BCUT2D eigenvalue weighted by molar-refractivity contribution is -0.153. The van der Waals surface area contributed by atoms with Crippen molar-refractivity contribution in [1.82, 2.24) is 5.32 Å². The van der Waals surface area contributed by atoms with Crippen LogP contribution < -0.4 is 5.32 Å². The van der Waals surface area contributed by atoms with Crippen LogP contribution in [-0.2, 0) is 14.3 Å². The second kappa shape index (κ2) is 8.14. The number of hydrogen-bond donors (Lipinski definition) is 1. The highest BCUT2D eigenvalue weighted by Crippen LogP contribution is 2.42. The first-order chi connectivity index (χ1) is 10.2. The average molecular weight is 297 g/mol. The van der Waals surface area contributed by atoms with Crippen molar-refractivity contribution in [1.29, 1.82) is 0 Å². The number of ether oxygens (including phenoxy) is 2. The number of esters is 1. The molecule has 4 nitrogen and oxygen atoms in total. The molecule has 0 aromatic rings. The number of carbonyl (C=O) groups excluding carboxylic acids is 1. The molecule has 0 aliphatic heterocycles. The first-order valence-electron chi connectivity index (χ1n) is 8.66. The summed E-state index contributed by atoms with van der Waals surface area (Å²) >= 11 is 0. The summed E-state index contributed by atoms with van der Waals surface area (Å²) in [7, 11) is 1.48. The van der Waals surface area contributed by atoms with Crippen molar-refractivity contribution in [3.05, 3.63) is 0 Å². The van der Waals surface area contributed by atoms with Gasteiger partial charge < -0.3 is 9.47 Å². The van der Waals surface area contributed by atoms with E-state index in [1.807, 2.05) is 0 Å². The number of rotatable bonds is 12. The molecular formula is C17H31NO3. The van der Waals surface area contributed by atoms with E-state index in [1.165, 1.54) is 45.6 Å². The molecule has 21 heavy (non-hydrogen) atoms. The van der Waals surface area contributed by atoms with Gasteiger partial charge in [0.2, 0.25) is 0 Å². The Kier molecular flexibility index (Phi) is 6.49. The van der Waals surface area contributed by atoms with E-state index in [9.17, 15) is 4.79 Å². The van der Waals surface area contributed by atoms with Gasteiger partial charge in [-0.15, -0.1) is 0 Å². The predicted molar refractivity (Wildman–Crippen MR) is 83.2 cm³/mol. The molecule has 122 valence electrons. The first-order valence-corrected chi connectivity index (χ1v) is 8.66. The first kappa shape index (κ1) is 16.8. The van der Waals surface area contributed by atoms with Crippen LogP contribution in [0, 0.1) is 5.92 Å². The molecule has 2 aliphatic rings. The van der Waals surface area contributed by atoms with Gasteiger partial charge >= 0.3 is 5.97 Å². The molecule has 0 aromatic heterocycles. The Balaban J connectivity index is 1.76. The van der Waals surface area contributed by atoms with Gasteiger partial charge in [-0.05, 0) is 38.0 Å². The van der Waals surface area contributed by atoms with Crippen molar-refractivity contribution in [2.75, 3.05) is 20.3 Å². The van der Waals surface area contributed by atoms with Crippen LogP contribution in [-0.4, -0.2) is 37.9 Å². The topological polar surface area (TPSA) is 47.6 Å². The summed E-state index contributed by atoms with van der Waals surface area (Å²) in [6.45, 7) is 3.44. The molecule has 2 aliphatic carbocycles. The Hall–Kier alpha value is -0.610. The summed E-state index contributed by atoms with van der Waals surface area (Å²) in [6.07, 6.45) is 10.7. The molecule has 0 heterocycles. The van der Waals surface area contributed by atoms with Gasteiger partial charge in [0.1, 0.15) is 5.54 Å². The van der Waals surface area contributed by atoms with Crippen LogP contribution >= 0.6 is 0 Å². The molecule has 0 aromatic carbocycles. The van der Waals surface area contributed by atoms with E-state index in [2.05, 4.69) is 12.2 Å². The van der Waals surface area contributed by atoms with Crippen molar-refractivity contribution in [2.45, 2.75) is 76.3 Å². The highest BCUT2D eigenvalue weighted by atomic mass is 16.5. The van der Waals surface area contributed by atoms with Gasteiger partial charge in [-0.25, -0.2) is 4.79 Å². The molecule has 2 rings (SSSR count). The van der Waals surface area contributed by atoms with Crippen LogP contribution in [0.4, 0.5) is 0 Å². The zero-order valence-corrected chi connectivity index (χ0v) is 13.7. The molecule has 1 atom stereocenters. The lowest BCUT2D eigenvalue weighted by Crippen LogP contribution is -2.59. The number of unbranched alkanes of at least 4 members (excludes halogenated alkanes) is 4. The van der Waals surface area contributed by atoms with Gasteiger partial charge in [0.25, 0.3) is 0 Å². The summed E-state index contributed by atoms with van der Waals surface area (Å²) in [5.74, 6) is 0.258. The third-order valence-electron chi connectivity index (χ3n) is 4.58. The van der Waals surface area contributed by atoms with Crippen LogP contribution in [0.2, 0.25) is 0 Å². The fraction of sp³-hybridized carbons (Fsp3) is 0.941. The highest BCUT2D eigenvalue weighted by Gasteiger charge is 2.54. The Labute approximate surface area is 129 Å². The molecule has 2 fully saturated rings. The number of hydrogen-bond acceptors (Lipinski definition) is 4. The van der Waals surface area contributed by atoms with E-state index in [-0.39, 0.29) is 5.97 Å². The molecule has 0 saturated heterocycles. The van der Waals surface area contributed by atoms with Gasteiger partial charge in [0.05, 0.1) is 13.7 Å². The van der Waals surface area contributed by atoms with E-state index < -0.39 is 5.54 Å². The molecular weight excluding hydrogens is 266 g/mol. The van der Waals surface area contributed by atoms with Crippen LogP contribution in [0.15, 0.2) is 0 Å². The van der Waals surface area contributed by atoms with E-state index in [1.54, 1.807) is 0 Å². The smallest absolute Gasteiger partial charge is 0.328 e. The Morgan fingerprint density at radius 1 is 1.14 bits per heavy atom. The number of carbonyl (C=O) groups is 1. The van der Waals surface area contributed by atoms with E-state index in [0.717, 1.165) is 25.9 Å². The fourth-order valence-electron chi connectivity index (χ4n) is 2.95. The fourth-order valence-corrected chi connectivity index (χ4v) is 2.95. The summed E-state index contributed by atoms with van der Waals surface area (Å²) in [5, 5.41) is 3.53. The van der Waals surface area contributed by atoms with E-state index in [4.69, 9.17) is 9.47 Å². The molecule has 1 N–H and O–H groups in total. The zero-order valence-electron chi connectivity index (χ0n) is 13.7. The highest BCUT2D eigenvalue weighted by molar-refractivity contribution is 5.82. The van der Waals surface area contributed by atoms with Crippen LogP contribution in [0.1, 0.15) is 64.7 Å². The second-order valence-corrected chi connectivity index (χ2v) is 6.62. The minimum absolute atomic E-state index is 0.136. The minimum atomic E-state index is -0.584. The maximum atomic E-state index is 12.3. The third-order valence-corrected chi connectivity index (χ3v) is 4.58. The molecule has 0 amide bonds. The Bertz CT molecular complexity index is 326. The lowest BCUT2D eigenvalue weighted by Gasteiger charge is -2.32. The van der Waals surface area contributed by atoms with E-state index >= 15 is 0 Å². The summed E-state index contributed by atoms with van der Waals surface area (Å²) in [6, 6.07) is 0.484. The van der Waals surface area contributed by atoms with Gasteiger partial charge in [-0.1, -0.05) is 32.6 Å².